The quantitative estimate of drug-likeness (QED) is 0.471. The molecule has 1 aromatic heterocycles. The molecule has 2 atom stereocenters. The average molecular weight is 478 g/mol. The van der Waals surface area contributed by atoms with E-state index in [4.69, 9.17) is 9.72 Å². The molecule has 0 N–H and O–H groups in total. The number of ether oxygens (including phenoxy) is 1. The summed E-state index contributed by atoms with van der Waals surface area (Å²) >= 11 is 1.42. The van der Waals surface area contributed by atoms with E-state index in [1.54, 1.807) is 12.0 Å². The number of fused-ring (bicyclic) bond motifs is 2. The molecule has 34 heavy (non-hydrogen) atoms. The van der Waals surface area contributed by atoms with Crippen LogP contribution in [0.1, 0.15) is 37.7 Å². The molecule has 3 amide bonds. The number of nitrogens with zero attached hydrogens (tertiary/aromatic N) is 3. The van der Waals surface area contributed by atoms with Crippen molar-refractivity contribution >= 4 is 44.4 Å². The summed E-state index contributed by atoms with van der Waals surface area (Å²) < 4.78 is 6.25. The zero-order chi connectivity index (χ0) is 23.7. The number of amides is 3. The number of anilines is 1. The largest absolute Gasteiger partial charge is 0.497 e. The lowest BCUT2D eigenvalue weighted by molar-refractivity contribution is -0.140. The maximum Gasteiger partial charge on any atom is 0.233 e. The Morgan fingerprint density at radius 3 is 2.47 bits per heavy atom. The number of hydrogen-bond donors (Lipinski definition) is 0. The summed E-state index contributed by atoms with van der Waals surface area (Å²) in [4.78, 5) is 46.8. The van der Waals surface area contributed by atoms with Gasteiger partial charge in [0, 0.05) is 13.0 Å². The molecular formula is C26H27N3O4S. The molecule has 2 unspecified atom stereocenters. The number of rotatable bonds is 7. The van der Waals surface area contributed by atoms with Gasteiger partial charge in [-0.25, -0.2) is 4.98 Å². The maximum atomic E-state index is 13.5. The lowest BCUT2D eigenvalue weighted by atomic mass is 9.81. The molecule has 1 aliphatic carbocycles. The highest BCUT2D eigenvalue weighted by atomic mass is 32.1. The second-order valence-corrected chi connectivity index (χ2v) is 9.88. The van der Waals surface area contributed by atoms with E-state index >= 15 is 0 Å². The second-order valence-electron chi connectivity index (χ2n) is 8.87. The van der Waals surface area contributed by atoms with Gasteiger partial charge in [0.2, 0.25) is 17.7 Å². The van der Waals surface area contributed by atoms with Gasteiger partial charge >= 0.3 is 0 Å². The Bertz CT molecular complexity index is 1200. The molecule has 8 heteroatoms. The van der Waals surface area contributed by atoms with Crippen molar-refractivity contribution in [3.05, 3.63) is 54.1 Å². The van der Waals surface area contributed by atoms with Crippen molar-refractivity contribution in [2.75, 3.05) is 18.6 Å². The highest BCUT2D eigenvalue weighted by molar-refractivity contribution is 7.22. The first-order chi connectivity index (χ1) is 16.5. The predicted molar refractivity (Wildman–Crippen MR) is 131 cm³/mol. The van der Waals surface area contributed by atoms with Crippen LogP contribution in [0.15, 0.2) is 48.5 Å². The standard InChI is InChI=1S/C26H27N3O4S/c1-33-18-11-12-21-22(15-18)34-26(27-21)29(16-17-7-3-2-4-8-17)23(30)13-14-28-24(31)19-9-5-6-10-20(19)25(28)32/h2-4,7-8,11-12,15,19-20H,5-6,9-10,13-14,16H2,1H3. The lowest BCUT2D eigenvalue weighted by Crippen LogP contribution is -2.37. The molecule has 176 valence electrons. The van der Waals surface area contributed by atoms with Gasteiger partial charge in [0.15, 0.2) is 5.13 Å². The Morgan fingerprint density at radius 2 is 1.79 bits per heavy atom. The van der Waals surface area contributed by atoms with Gasteiger partial charge in [-0.05, 0) is 36.6 Å². The summed E-state index contributed by atoms with van der Waals surface area (Å²) in [5.74, 6) is -0.0399. The Morgan fingerprint density at radius 1 is 1.09 bits per heavy atom. The van der Waals surface area contributed by atoms with Crippen LogP contribution in [0.4, 0.5) is 5.13 Å². The first-order valence-electron chi connectivity index (χ1n) is 11.7. The van der Waals surface area contributed by atoms with Gasteiger partial charge in [0.25, 0.3) is 0 Å². The molecule has 7 nitrogen and oxygen atoms in total. The molecule has 1 saturated heterocycles. The number of carbonyl (C=O) groups is 3. The van der Waals surface area contributed by atoms with Crippen molar-refractivity contribution in [2.45, 2.75) is 38.6 Å². The van der Waals surface area contributed by atoms with E-state index in [1.807, 2.05) is 48.5 Å². The van der Waals surface area contributed by atoms with Crippen LogP contribution in [-0.4, -0.2) is 41.3 Å². The van der Waals surface area contributed by atoms with E-state index in [-0.39, 0.29) is 42.5 Å². The van der Waals surface area contributed by atoms with Crippen LogP contribution >= 0.6 is 11.3 Å². The molecule has 0 radical (unpaired) electrons. The molecule has 3 aromatic rings. The number of likely N-dealkylation sites (tertiary alicyclic amines) is 1. The fraction of sp³-hybridized carbons (Fsp3) is 0.385. The third kappa shape index (κ3) is 4.30. The molecule has 2 aliphatic rings. The number of thiazole rings is 1. The van der Waals surface area contributed by atoms with Gasteiger partial charge in [-0.3, -0.25) is 24.2 Å². The summed E-state index contributed by atoms with van der Waals surface area (Å²) in [6, 6.07) is 15.4. The van der Waals surface area contributed by atoms with Crippen LogP contribution in [-0.2, 0) is 20.9 Å². The lowest BCUT2D eigenvalue weighted by Gasteiger charge is -2.22. The topological polar surface area (TPSA) is 79.8 Å². The summed E-state index contributed by atoms with van der Waals surface area (Å²) in [5.41, 5.74) is 1.77. The highest BCUT2D eigenvalue weighted by Gasteiger charge is 2.47. The molecule has 1 aliphatic heterocycles. The second kappa shape index (κ2) is 9.54. The fourth-order valence-corrected chi connectivity index (χ4v) is 5.97. The predicted octanol–water partition coefficient (Wildman–Crippen LogP) is 4.40. The van der Waals surface area contributed by atoms with Gasteiger partial charge in [0.1, 0.15) is 5.75 Å². The number of methoxy groups -OCH3 is 1. The molecule has 2 fully saturated rings. The van der Waals surface area contributed by atoms with E-state index in [9.17, 15) is 14.4 Å². The molecule has 0 spiro atoms. The van der Waals surface area contributed by atoms with E-state index in [2.05, 4.69) is 0 Å². The van der Waals surface area contributed by atoms with Crippen molar-refractivity contribution in [1.29, 1.82) is 0 Å². The minimum absolute atomic E-state index is 0.0724. The number of aromatic nitrogens is 1. The van der Waals surface area contributed by atoms with Crippen molar-refractivity contribution in [3.63, 3.8) is 0 Å². The van der Waals surface area contributed by atoms with Crippen LogP contribution in [0.2, 0.25) is 0 Å². The van der Waals surface area contributed by atoms with Crippen molar-refractivity contribution in [3.8, 4) is 5.75 Å². The SMILES string of the molecule is COc1ccc2nc(N(Cc3ccccc3)C(=O)CCN3C(=O)C4CCCCC4C3=O)sc2c1. The Hall–Kier alpha value is -3.26. The minimum Gasteiger partial charge on any atom is -0.497 e. The Kier molecular flexibility index (Phi) is 6.32. The smallest absolute Gasteiger partial charge is 0.233 e. The van der Waals surface area contributed by atoms with Crippen LogP contribution < -0.4 is 9.64 Å². The van der Waals surface area contributed by atoms with Gasteiger partial charge < -0.3 is 4.74 Å². The molecule has 2 aromatic carbocycles. The van der Waals surface area contributed by atoms with E-state index in [0.29, 0.717) is 11.7 Å². The highest BCUT2D eigenvalue weighted by Crippen LogP contribution is 2.38. The number of benzene rings is 2. The number of carbonyl (C=O) groups excluding carboxylic acids is 3. The van der Waals surface area contributed by atoms with Gasteiger partial charge in [-0.15, -0.1) is 0 Å². The van der Waals surface area contributed by atoms with Crippen molar-refractivity contribution in [1.82, 2.24) is 9.88 Å². The van der Waals surface area contributed by atoms with Crippen molar-refractivity contribution in [2.24, 2.45) is 11.8 Å². The van der Waals surface area contributed by atoms with Crippen LogP contribution in [0, 0.1) is 11.8 Å². The molecule has 0 bridgehead atoms. The van der Waals surface area contributed by atoms with Crippen LogP contribution in [0.3, 0.4) is 0 Å². The van der Waals surface area contributed by atoms with Crippen molar-refractivity contribution < 1.29 is 19.1 Å². The number of hydrogen-bond acceptors (Lipinski definition) is 6. The minimum atomic E-state index is -0.198. The monoisotopic (exact) mass is 477 g/mol. The number of imide groups is 1. The normalized spacial score (nSPS) is 20.0. The molecule has 1 saturated carbocycles. The summed E-state index contributed by atoms with van der Waals surface area (Å²) in [5, 5.41) is 0.588. The summed E-state index contributed by atoms with van der Waals surface area (Å²) in [7, 11) is 1.62. The van der Waals surface area contributed by atoms with E-state index in [0.717, 1.165) is 47.2 Å². The average Bonchev–Trinajstić information content (AvgIpc) is 3.40. The summed E-state index contributed by atoms with van der Waals surface area (Å²) in [6.07, 6.45) is 3.59. The van der Waals surface area contributed by atoms with Gasteiger partial charge in [-0.1, -0.05) is 54.5 Å². The maximum absolute atomic E-state index is 13.5. The first-order valence-corrected chi connectivity index (χ1v) is 12.5. The molecular weight excluding hydrogens is 450 g/mol. The van der Waals surface area contributed by atoms with Crippen LogP contribution in [0.5, 0.6) is 5.75 Å². The molecule has 2 heterocycles. The third-order valence-corrected chi connectivity index (χ3v) is 7.82. The summed E-state index contributed by atoms with van der Waals surface area (Å²) in [6.45, 7) is 0.483. The first kappa shape index (κ1) is 22.5. The van der Waals surface area contributed by atoms with Gasteiger partial charge in [0.05, 0.1) is 35.7 Å². The zero-order valence-corrected chi connectivity index (χ0v) is 19.9. The third-order valence-electron chi connectivity index (χ3n) is 6.78. The molecule has 5 rings (SSSR count). The van der Waals surface area contributed by atoms with E-state index < -0.39 is 0 Å². The fourth-order valence-electron chi connectivity index (χ4n) is 4.96. The van der Waals surface area contributed by atoms with Gasteiger partial charge in [-0.2, -0.15) is 0 Å². The van der Waals surface area contributed by atoms with Crippen LogP contribution in [0.25, 0.3) is 10.2 Å². The van der Waals surface area contributed by atoms with E-state index in [1.165, 1.54) is 16.2 Å². The zero-order valence-electron chi connectivity index (χ0n) is 19.1. The Labute approximate surface area is 202 Å². The Balaban J connectivity index is 1.37.